The summed E-state index contributed by atoms with van der Waals surface area (Å²) < 4.78 is 0. The largest absolute Gasteiger partial charge is 0.254 e. The number of hydrogen-bond donors (Lipinski definition) is 0. The Labute approximate surface area is 322 Å². The molecular weight excluding hydrogens is 679 g/mol. The number of nitrogens with zero attached hydrogens (tertiary/aromatic N) is 3. The number of benzene rings is 9. The van der Waals surface area contributed by atoms with Crippen molar-refractivity contribution in [2.45, 2.75) is 0 Å². The lowest BCUT2D eigenvalue weighted by molar-refractivity contribution is 1.37. The number of pyridine rings is 3. The third-order valence-corrected chi connectivity index (χ3v) is 11.7. The van der Waals surface area contributed by atoms with E-state index in [1.54, 1.807) is 0 Å². The van der Waals surface area contributed by atoms with Crippen LogP contribution in [0.3, 0.4) is 0 Å². The van der Waals surface area contributed by atoms with Crippen molar-refractivity contribution in [2.75, 3.05) is 0 Å². The fourth-order valence-corrected chi connectivity index (χ4v) is 9.10. The molecule has 0 radical (unpaired) electrons. The van der Waals surface area contributed by atoms with Crippen molar-refractivity contribution in [1.82, 2.24) is 15.0 Å². The molecule has 9 aromatic carbocycles. The number of hydrogen-bond acceptors (Lipinski definition) is 3. The van der Waals surface area contributed by atoms with Crippen LogP contribution in [0.2, 0.25) is 0 Å². The van der Waals surface area contributed by atoms with Crippen LogP contribution in [0.1, 0.15) is 0 Å². The van der Waals surface area contributed by atoms with Gasteiger partial charge in [-0.3, -0.25) is 9.97 Å². The molecule has 12 aromatic rings. The second-order valence-electron chi connectivity index (χ2n) is 14.7. The molecule has 56 heavy (non-hydrogen) atoms. The normalized spacial score (nSPS) is 11.9. The molecule has 0 aliphatic carbocycles. The van der Waals surface area contributed by atoms with Crippen LogP contribution in [-0.2, 0) is 0 Å². The SMILES string of the molecule is c1cc(-c2ccc3ccc4cc(-c5cc6cccnc6c6ncccc56)ccc4c3c2)cc(-c2nc3ccccc3c3c4ccccc4c4ccccc4c23)c1. The van der Waals surface area contributed by atoms with Crippen LogP contribution in [0.15, 0.2) is 188 Å². The van der Waals surface area contributed by atoms with Crippen molar-refractivity contribution in [3.63, 3.8) is 0 Å². The average molecular weight is 710 g/mol. The second-order valence-corrected chi connectivity index (χ2v) is 14.7. The van der Waals surface area contributed by atoms with Crippen molar-refractivity contribution >= 4 is 86.6 Å². The van der Waals surface area contributed by atoms with Gasteiger partial charge in [0.15, 0.2) is 0 Å². The van der Waals surface area contributed by atoms with Crippen molar-refractivity contribution < 1.29 is 0 Å². The quantitative estimate of drug-likeness (QED) is 0.171. The van der Waals surface area contributed by atoms with Gasteiger partial charge in [-0.1, -0.05) is 133 Å². The number of rotatable bonds is 3. The monoisotopic (exact) mass is 709 g/mol. The molecule has 3 heteroatoms. The molecule has 0 unspecified atom stereocenters. The first-order valence-electron chi connectivity index (χ1n) is 19.1. The number of aromatic nitrogens is 3. The van der Waals surface area contributed by atoms with Crippen molar-refractivity contribution in [1.29, 1.82) is 0 Å². The molecule has 0 N–H and O–H groups in total. The average Bonchev–Trinajstić information content (AvgIpc) is 3.28. The Morgan fingerprint density at radius 1 is 0.304 bits per heavy atom. The zero-order chi connectivity index (χ0) is 36.7. The highest BCUT2D eigenvalue weighted by Crippen LogP contribution is 2.43. The lowest BCUT2D eigenvalue weighted by Gasteiger charge is -2.16. The van der Waals surface area contributed by atoms with E-state index in [1.807, 2.05) is 24.5 Å². The summed E-state index contributed by atoms with van der Waals surface area (Å²) in [6, 6.07) is 63.8. The van der Waals surface area contributed by atoms with E-state index in [0.717, 1.165) is 49.7 Å². The molecule has 3 aromatic heterocycles. The predicted octanol–water partition coefficient (Wildman–Crippen LogP) is 14.1. The molecular formula is C53H31N3. The molecule has 0 atom stereocenters. The van der Waals surface area contributed by atoms with Crippen molar-refractivity contribution in [3.05, 3.63) is 188 Å². The molecule has 0 amide bonds. The summed E-state index contributed by atoms with van der Waals surface area (Å²) in [6.45, 7) is 0. The minimum Gasteiger partial charge on any atom is -0.254 e. The van der Waals surface area contributed by atoms with Gasteiger partial charge in [0.2, 0.25) is 0 Å². The second kappa shape index (κ2) is 12.0. The third-order valence-electron chi connectivity index (χ3n) is 11.7. The predicted molar refractivity (Wildman–Crippen MR) is 236 cm³/mol. The van der Waals surface area contributed by atoms with Gasteiger partial charge in [0.25, 0.3) is 0 Å². The molecule has 0 saturated heterocycles. The molecule has 258 valence electrons. The summed E-state index contributed by atoms with van der Waals surface area (Å²) in [5.74, 6) is 0. The smallest absolute Gasteiger partial charge is 0.0970 e. The first kappa shape index (κ1) is 30.9. The zero-order valence-corrected chi connectivity index (χ0v) is 30.2. The van der Waals surface area contributed by atoms with Crippen LogP contribution >= 0.6 is 0 Å². The van der Waals surface area contributed by atoms with E-state index < -0.39 is 0 Å². The third kappa shape index (κ3) is 4.61. The van der Waals surface area contributed by atoms with Gasteiger partial charge >= 0.3 is 0 Å². The zero-order valence-electron chi connectivity index (χ0n) is 30.2. The van der Waals surface area contributed by atoms with E-state index in [0.29, 0.717) is 0 Å². The molecule has 12 rings (SSSR count). The Balaban J connectivity index is 1.03. The van der Waals surface area contributed by atoms with Crippen LogP contribution in [0.4, 0.5) is 0 Å². The topological polar surface area (TPSA) is 38.7 Å². The summed E-state index contributed by atoms with van der Waals surface area (Å²) in [7, 11) is 0. The Hall–Kier alpha value is -7.49. The molecule has 0 aliphatic heterocycles. The molecule has 3 nitrogen and oxygen atoms in total. The van der Waals surface area contributed by atoms with Crippen LogP contribution < -0.4 is 0 Å². The van der Waals surface area contributed by atoms with E-state index in [2.05, 4.69) is 169 Å². The number of fused-ring (bicyclic) bond motifs is 14. The van der Waals surface area contributed by atoms with Gasteiger partial charge in [0.1, 0.15) is 0 Å². The Morgan fingerprint density at radius 2 is 0.946 bits per heavy atom. The highest BCUT2D eigenvalue weighted by Gasteiger charge is 2.18. The van der Waals surface area contributed by atoms with Crippen LogP contribution in [-0.4, -0.2) is 15.0 Å². The maximum atomic E-state index is 5.42. The van der Waals surface area contributed by atoms with E-state index >= 15 is 0 Å². The Bertz CT molecular complexity index is 3600. The molecule has 3 heterocycles. The summed E-state index contributed by atoms with van der Waals surface area (Å²) in [4.78, 5) is 14.8. The van der Waals surface area contributed by atoms with Gasteiger partial charge in [-0.2, -0.15) is 0 Å². The standard InChI is InChI=1S/C53H31N3/c1-3-15-42-40(13-1)41-14-2-4-16-43(41)50-49(42)45-17-5-6-19-48(45)56-51(50)37-11-7-10-33(28-37)34-22-20-32-21-23-35-29-36(24-25-39(35)46(32)30-34)47-31-38-12-8-26-54-52(38)53-44(47)18-9-27-55-53/h1-31H. The van der Waals surface area contributed by atoms with E-state index in [1.165, 1.54) is 70.4 Å². The first-order valence-corrected chi connectivity index (χ1v) is 19.1. The Morgan fingerprint density at radius 3 is 1.80 bits per heavy atom. The summed E-state index contributed by atoms with van der Waals surface area (Å²) in [5, 5.41) is 15.7. The fraction of sp³-hybridized carbons (Fsp3) is 0. The lowest BCUT2D eigenvalue weighted by atomic mass is 9.89. The van der Waals surface area contributed by atoms with Gasteiger partial charge < -0.3 is 0 Å². The van der Waals surface area contributed by atoms with Gasteiger partial charge in [0, 0.05) is 44.9 Å². The van der Waals surface area contributed by atoms with Crippen molar-refractivity contribution in [3.8, 4) is 33.5 Å². The maximum Gasteiger partial charge on any atom is 0.0970 e. The molecule has 0 spiro atoms. The minimum atomic E-state index is 0.930. The molecule has 0 aliphatic rings. The number of para-hydroxylation sites is 1. The van der Waals surface area contributed by atoms with Crippen LogP contribution in [0.25, 0.3) is 120 Å². The van der Waals surface area contributed by atoms with Gasteiger partial charge in [0.05, 0.1) is 22.2 Å². The summed E-state index contributed by atoms with van der Waals surface area (Å²) >= 11 is 0. The highest BCUT2D eigenvalue weighted by atomic mass is 14.7. The molecule has 0 fully saturated rings. The van der Waals surface area contributed by atoms with E-state index in [-0.39, 0.29) is 0 Å². The van der Waals surface area contributed by atoms with Crippen LogP contribution in [0.5, 0.6) is 0 Å². The molecule has 0 saturated carbocycles. The maximum absolute atomic E-state index is 5.42. The van der Waals surface area contributed by atoms with E-state index in [9.17, 15) is 0 Å². The minimum absolute atomic E-state index is 0.930. The molecule has 0 bridgehead atoms. The summed E-state index contributed by atoms with van der Waals surface area (Å²) in [5.41, 5.74) is 9.65. The van der Waals surface area contributed by atoms with E-state index in [4.69, 9.17) is 9.97 Å². The van der Waals surface area contributed by atoms with Gasteiger partial charge in [-0.25, -0.2) is 4.98 Å². The first-order chi connectivity index (χ1) is 27.8. The fourth-order valence-electron chi connectivity index (χ4n) is 9.10. The highest BCUT2D eigenvalue weighted by molar-refractivity contribution is 6.33. The van der Waals surface area contributed by atoms with Crippen LogP contribution in [0, 0.1) is 0 Å². The van der Waals surface area contributed by atoms with Gasteiger partial charge in [-0.05, 0) is 108 Å². The van der Waals surface area contributed by atoms with Gasteiger partial charge in [-0.15, -0.1) is 0 Å². The summed E-state index contributed by atoms with van der Waals surface area (Å²) in [6.07, 6.45) is 3.69. The lowest BCUT2D eigenvalue weighted by Crippen LogP contribution is -1.93. The Kier molecular flexibility index (Phi) is 6.63. The van der Waals surface area contributed by atoms with Crippen molar-refractivity contribution in [2.24, 2.45) is 0 Å².